The highest BCUT2D eigenvalue weighted by Crippen LogP contribution is 2.11. The first kappa shape index (κ1) is 13.1. The molecule has 1 aromatic heterocycles. The summed E-state index contributed by atoms with van der Waals surface area (Å²) in [6.07, 6.45) is 1.89. The summed E-state index contributed by atoms with van der Waals surface area (Å²) in [6, 6.07) is 11.9. The lowest BCUT2D eigenvalue weighted by atomic mass is 10.2. The molecule has 2 rings (SSSR count). The van der Waals surface area contributed by atoms with Crippen LogP contribution in [0.2, 0.25) is 0 Å². The molecular formula is C14H14INO2. The van der Waals surface area contributed by atoms with E-state index in [-0.39, 0.29) is 5.97 Å². The highest BCUT2D eigenvalue weighted by Gasteiger charge is 2.11. The van der Waals surface area contributed by atoms with E-state index >= 15 is 0 Å². The van der Waals surface area contributed by atoms with Crippen LogP contribution in [-0.2, 0) is 11.3 Å². The van der Waals surface area contributed by atoms with E-state index in [1.807, 2.05) is 23.8 Å². The molecule has 94 valence electrons. The molecule has 0 atom stereocenters. The summed E-state index contributed by atoms with van der Waals surface area (Å²) in [5.74, 6) is -0.270. The SMILES string of the molecule is CCOC(=O)c1cccn1Cc1ccc(I)cc1. The summed E-state index contributed by atoms with van der Waals surface area (Å²) in [5.41, 5.74) is 1.76. The zero-order chi connectivity index (χ0) is 13.0. The topological polar surface area (TPSA) is 31.2 Å². The Bertz CT molecular complexity index is 531. The molecule has 0 unspecified atom stereocenters. The third-order valence-electron chi connectivity index (χ3n) is 2.58. The average molecular weight is 355 g/mol. The number of halogens is 1. The number of esters is 1. The molecule has 18 heavy (non-hydrogen) atoms. The van der Waals surface area contributed by atoms with Crippen LogP contribution in [-0.4, -0.2) is 17.1 Å². The molecule has 0 fully saturated rings. The van der Waals surface area contributed by atoms with Crippen molar-refractivity contribution in [2.45, 2.75) is 13.5 Å². The van der Waals surface area contributed by atoms with Gasteiger partial charge >= 0.3 is 5.97 Å². The van der Waals surface area contributed by atoms with Crippen LogP contribution in [0, 0.1) is 3.57 Å². The Kier molecular flexibility index (Phi) is 4.41. The highest BCUT2D eigenvalue weighted by atomic mass is 127. The van der Waals surface area contributed by atoms with Gasteiger partial charge in [0.25, 0.3) is 0 Å². The normalized spacial score (nSPS) is 10.3. The summed E-state index contributed by atoms with van der Waals surface area (Å²) >= 11 is 2.27. The molecule has 0 aliphatic heterocycles. The third-order valence-corrected chi connectivity index (χ3v) is 3.30. The third kappa shape index (κ3) is 3.13. The van der Waals surface area contributed by atoms with Crippen molar-refractivity contribution in [3.63, 3.8) is 0 Å². The van der Waals surface area contributed by atoms with Crippen molar-refractivity contribution in [1.82, 2.24) is 4.57 Å². The molecule has 0 aliphatic carbocycles. The Morgan fingerprint density at radius 2 is 2.00 bits per heavy atom. The van der Waals surface area contributed by atoms with E-state index in [9.17, 15) is 4.79 Å². The zero-order valence-electron chi connectivity index (χ0n) is 10.1. The van der Waals surface area contributed by atoms with Crippen LogP contribution in [0.4, 0.5) is 0 Å². The minimum Gasteiger partial charge on any atom is -0.461 e. The number of nitrogens with zero attached hydrogens (tertiary/aromatic N) is 1. The molecular weight excluding hydrogens is 341 g/mol. The standard InChI is InChI=1S/C14H14INO2/c1-2-18-14(17)13-4-3-9-16(13)10-11-5-7-12(15)8-6-11/h3-9H,2,10H2,1H3. The first-order valence-corrected chi connectivity index (χ1v) is 6.85. The van der Waals surface area contributed by atoms with Gasteiger partial charge in [0, 0.05) is 16.3 Å². The van der Waals surface area contributed by atoms with Crippen LogP contribution < -0.4 is 0 Å². The lowest BCUT2D eigenvalue weighted by molar-refractivity contribution is 0.0514. The first-order chi connectivity index (χ1) is 8.70. The van der Waals surface area contributed by atoms with E-state index in [0.717, 1.165) is 5.56 Å². The summed E-state index contributed by atoms with van der Waals surface area (Å²) in [6.45, 7) is 2.88. The Balaban J connectivity index is 2.17. The van der Waals surface area contributed by atoms with E-state index < -0.39 is 0 Å². The maximum absolute atomic E-state index is 11.7. The smallest absolute Gasteiger partial charge is 0.354 e. The Hall–Kier alpha value is -1.30. The van der Waals surface area contributed by atoms with Gasteiger partial charge in [0.1, 0.15) is 5.69 Å². The van der Waals surface area contributed by atoms with Crippen molar-refractivity contribution in [1.29, 1.82) is 0 Å². The maximum atomic E-state index is 11.7. The summed E-state index contributed by atoms with van der Waals surface area (Å²) in [7, 11) is 0. The van der Waals surface area contributed by atoms with Gasteiger partial charge in [-0.1, -0.05) is 12.1 Å². The maximum Gasteiger partial charge on any atom is 0.354 e. The molecule has 0 saturated heterocycles. The highest BCUT2D eigenvalue weighted by molar-refractivity contribution is 14.1. The summed E-state index contributed by atoms with van der Waals surface area (Å²) in [5, 5.41) is 0. The molecule has 0 N–H and O–H groups in total. The fraction of sp³-hybridized carbons (Fsp3) is 0.214. The predicted molar refractivity (Wildman–Crippen MR) is 78.6 cm³/mol. The molecule has 0 saturated carbocycles. The summed E-state index contributed by atoms with van der Waals surface area (Å²) < 4.78 is 8.13. The molecule has 3 nitrogen and oxygen atoms in total. The second-order valence-electron chi connectivity index (χ2n) is 3.87. The number of hydrogen-bond donors (Lipinski definition) is 0. The molecule has 0 amide bonds. The van der Waals surface area contributed by atoms with Crippen LogP contribution in [0.1, 0.15) is 23.0 Å². The zero-order valence-corrected chi connectivity index (χ0v) is 12.3. The molecule has 1 heterocycles. The van der Waals surface area contributed by atoms with E-state index in [4.69, 9.17) is 4.74 Å². The van der Waals surface area contributed by atoms with Crippen molar-refractivity contribution < 1.29 is 9.53 Å². The van der Waals surface area contributed by atoms with E-state index in [2.05, 4.69) is 46.9 Å². The average Bonchev–Trinajstić information content (AvgIpc) is 2.81. The number of ether oxygens (including phenoxy) is 1. The molecule has 1 aromatic carbocycles. The minimum absolute atomic E-state index is 0.270. The molecule has 0 aliphatic rings. The number of carbonyl (C=O) groups excluding carboxylic acids is 1. The fourth-order valence-electron chi connectivity index (χ4n) is 1.73. The van der Waals surface area contributed by atoms with Crippen molar-refractivity contribution in [2.24, 2.45) is 0 Å². The van der Waals surface area contributed by atoms with Crippen molar-refractivity contribution >= 4 is 28.6 Å². The van der Waals surface area contributed by atoms with Crippen LogP contribution >= 0.6 is 22.6 Å². The van der Waals surface area contributed by atoms with E-state index in [1.165, 1.54) is 3.57 Å². The van der Waals surface area contributed by atoms with Gasteiger partial charge in [-0.3, -0.25) is 0 Å². The van der Waals surface area contributed by atoms with Gasteiger partial charge in [0.15, 0.2) is 0 Å². The number of benzene rings is 1. The lowest BCUT2D eigenvalue weighted by Crippen LogP contribution is -2.12. The largest absolute Gasteiger partial charge is 0.461 e. The molecule has 0 bridgehead atoms. The number of carbonyl (C=O) groups is 1. The monoisotopic (exact) mass is 355 g/mol. The quantitative estimate of drug-likeness (QED) is 0.623. The Labute approximate surface area is 120 Å². The molecule has 4 heteroatoms. The summed E-state index contributed by atoms with van der Waals surface area (Å²) in [4.78, 5) is 11.7. The Morgan fingerprint density at radius 3 is 2.67 bits per heavy atom. The number of rotatable bonds is 4. The second kappa shape index (κ2) is 6.04. The van der Waals surface area contributed by atoms with Gasteiger partial charge in [-0.25, -0.2) is 4.79 Å². The molecule has 0 spiro atoms. The minimum atomic E-state index is -0.270. The number of hydrogen-bond acceptors (Lipinski definition) is 2. The van der Waals surface area contributed by atoms with Crippen LogP contribution in [0.15, 0.2) is 42.6 Å². The van der Waals surface area contributed by atoms with Crippen molar-refractivity contribution in [2.75, 3.05) is 6.61 Å². The van der Waals surface area contributed by atoms with Gasteiger partial charge in [-0.2, -0.15) is 0 Å². The van der Waals surface area contributed by atoms with Gasteiger partial charge in [0.05, 0.1) is 6.61 Å². The molecule has 2 aromatic rings. The van der Waals surface area contributed by atoms with E-state index in [1.54, 1.807) is 6.07 Å². The van der Waals surface area contributed by atoms with Gasteiger partial charge in [-0.15, -0.1) is 0 Å². The Morgan fingerprint density at radius 1 is 1.28 bits per heavy atom. The van der Waals surface area contributed by atoms with Crippen LogP contribution in [0.5, 0.6) is 0 Å². The number of aromatic nitrogens is 1. The first-order valence-electron chi connectivity index (χ1n) is 5.77. The van der Waals surface area contributed by atoms with E-state index in [0.29, 0.717) is 18.8 Å². The van der Waals surface area contributed by atoms with Gasteiger partial charge in [-0.05, 0) is 59.3 Å². The lowest BCUT2D eigenvalue weighted by Gasteiger charge is -2.08. The van der Waals surface area contributed by atoms with Gasteiger partial charge < -0.3 is 9.30 Å². The second-order valence-corrected chi connectivity index (χ2v) is 5.11. The van der Waals surface area contributed by atoms with Gasteiger partial charge in [0.2, 0.25) is 0 Å². The fourth-order valence-corrected chi connectivity index (χ4v) is 2.09. The van der Waals surface area contributed by atoms with Crippen molar-refractivity contribution in [3.05, 3.63) is 57.4 Å². The van der Waals surface area contributed by atoms with Crippen molar-refractivity contribution in [3.8, 4) is 0 Å². The van der Waals surface area contributed by atoms with Crippen LogP contribution in [0.25, 0.3) is 0 Å². The van der Waals surface area contributed by atoms with Crippen LogP contribution in [0.3, 0.4) is 0 Å². The predicted octanol–water partition coefficient (Wildman–Crippen LogP) is 3.32. The molecule has 0 radical (unpaired) electrons.